The van der Waals surface area contributed by atoms with Crippen LogP contribution in [-0.4, -0.2) is 52.9 Å². The summed E-state index contributed by atoms with van der Waals surface area (Å²) in [6.45, 7) is -0.278. The number of para-hydroxylation sites is 1. The zero-order valence-electron chi connectivity index (χ0n) is 18.5. The average molecular weight is 493 g/mol. The molecule has 11 heteroatoms. The van der Waals surface area contributed by atoms with Crippen molar-refractivity contribution in [1.29, 1.82) is 0 Å². The smallest absolute Gasteiger partial charge is 0.325 e. The number of hydrogen-bond acceptors (Lipinski definition) is 8. The number of imide groups is 1. The molecule has 1 saturated heterocycles. The first-order valence-electron chi connectivity index (χ1n) is 10.5. The number of carbonyl (C=O) groups is 4. The SMILES string of the molecule is COC(=O)CN1C(=O)SC(=Cc2cn(CC(=O)Nc3ccc4c(c3)OCO4)c3ccccc23)C1=O. The van der Waals surface area contributed by atoms with Crippen LogP contribution in [0.5, 0.6) is 11.5 Å². The second kappa shape index (κ2) is 9.18. The van der Waals surface area contributed by atoms with Gasteiger partial charge in [0, 0.05) is 34.4 Å². The van der Waals surface area contributed by atoms with Crippen molar-refractivity contribution in [1.82, 2.24) is 9.47 Å². The predicted molar refractivity (Wildman–Crippen MR) is 128 cm³/mol. The Morgan fingerprint density at radius 2 is 1.91 bits per heavy atom. The Balaban J connectivity index is 1.38. The van der Waals surface area contributed by atoms with Crippen LogP contribution in [-0.2, 0) is 25.7 Å². The molecular formula is C24H19N3O7S. The van der Waals surface area contributed by atoms with Gasteiger partial charge in [-0.3, -0.25) is 24.1 Å². The van der Waals surface area contributed by atoms with Crippen molar-refractivity contribution >= 4 is 57.5 Å². The van der Waals surface area contributed by atoms with Crippen molar-refractivity contribution in [2.75, 3.05) is 25.8 Å². The van der Waals surface area contributed by atoms with Crippen molar-refractivity contribution in [3.63, 3.8) is 0 Å². The van der Waals surface area contributed by atoms with Crippen LogP contribution in [0.4, 0.5) is 10.5 Å². The molecule has 3 aromatic rings. The van der Waals surface area contributed by atoms with Crippen LogP contribution in [0.2, 0.25) is 0 Å². The summed E-state index contributed by atoms with van der Waals surface area (Å²) >= 11 is 0.752. The van der Waals surface area contributed by atoms with Gasteiger partial charge in [-0.05, 0) is 36.0 Å². The highest BCUT2D eigenvalue weighted by Crippen LogP contribution is 2.35. The molecule has 3 amide bonds. The van der Waals surface area contributed by atoms with E-state index < -0.39 is 23.7 Å². The van der Waals surface area contributed by atoms with Crippen molar-refractivity contribution in [2.24, 2.45) is 0 Å². The zero-order chi connectivity index (χ0) is 24.5. The molecule has 178 valence electrons. The second-order valence-corrected chi connectivity index (χ2v) is 8.68. The summed E-state index contributed by atoms with van der Waals surface area (Å²) in [4.78, 5) is 50.3. The third-order valence-corrected chi connectivity index (χ3v) is 6.37. The van der Waals surface area contributed by atoms with Gasteiger partial charge < -0.3 is 24.1 Å². The number of esters is 1. The first-order valence-corrected chi connectivity index (χ1v) is 11.3. The molecule has 10 nitrogen and oxygen atoms in total. The number of aromatic nitrogens is 1. The highest BCUT2D eigenvalue weighted by molar-refractivity contribution is 8.18. The number of nitrogens with one attached hydrogen (secondary N) is 1. The highest BCUT2D eigenvalue weighted by Gasteiger charge is 2.36. The average Bonchev–Trinajstić information content (AvgIpc) is 3.52. The van der Waals surface area contributed by atoms with E-state index in [2.05, 4.69) is 10.1 Å². The first kappa shape index (κ1) is 22.5. The van der Waals surface area contributed by atoms with Crippen molar-refractivity contribution < 1.29 is 33.4 Å². The molecule has 1 fully saturated rings. The zero-order valence-corrected chi connectivity index (χ0v) is 19.3. The lowest BCUT2D eigenvalue weighted by molar-refractivity contribution is -0.143. The Labute approximate surface area is 203 Å². The topological polar surface area (TPSA) is 116 Å². The second-order valence-electron chi connectivity index (χ2n) is 7.69. The van der Waals surface area contributed by atoms with Crippen LogP contribution < -0.4 is 14.8 Å². The first-order chi connectivity index (χ1) is 16.9. The van der Waals surface area contributed by atoms with Gasteiger partial charge in [-0.25, -0.2) is 0 Å². The third-order valence-electron chi connectivity index (χ3n) is 5.46. The summed E-state index contributed by atoms with van der Waals surface area (Å²) in [5, 5.41) is 3.11. The Morgan fingerprint density at radius 1 is 1.11 bits per heavy atom. The molecule has 35 heavy (non-hydrogen) atoms. The number of fused-ring (bicyclic) bond motifs is 2. The molecule has 0 aliphatic carbocycles. The van der Waals surface area contributed by atoms with Crippen molar-refractivity contribution in [3.8, 4) is 11.5 Å². The van der Waals surface area contributed by atoms with E-state index >= 15 is 0 Å². The molecule has 0 spiro atoms. The van der Waals surface area contributed by atoms with Gasteiger partial charge in [-0.15, -0.1) is 0 Å². The van der Waals surface area contributed by atoms with E-state index in [1.165, 1.54) is 7.11 Å². The van der Waals surface area contributed by atoms with Gasteiger partial charge in [-0.1, -0.05) is 18.2 Å². The molecule has 2 aliphatic rings. The van der Waals surface area contributed by atoms with Crippen molar-refractivity contribution in [3.05, 3.63) is 59.1 Å². The molecule has 2 aliphatic heterocycles. The lowest BCUT2D eigenvalue weighted by Gasteiger charge is -2.09. The number of amides is 3. The van der Waals surface area contributed by atoms with Gasteiger partial charge in [0.15, 0.2) is 11.5 Å². The maximum absolute atomic E-state index is 12.8. The number of carbonyl (C=O) groups excluding carboxylic acids is 4. The van der Waals surface area contributed by atoms with E-state index in [9.17, 15) is 19.2 Å². The summed E-state index contributed by atoms with van der Waals surface area (Å²) in [7, 11) is 1.19. The van der Waals surface area contributed by atoms with Gasteiger partial charge in [0.25, 0.3) is 11.1 Å². The molecule has 5 rings (SSSR count). The van der Waals surface area contributed by atoms with Gasteiger partial charge in [0.1, 0.15) is 13.1 Å². The number of nitrogens with zero attached hydrogens (tertiary/aromatic N) is 2. The standard InChI is InChI=1S/C24H19N3O7S/c1-32-22(29)12-27-23(30)20(35-24(27)31)8-14-10-26(17-5-3-2-4-16(14)17)11-21(28)25-15-6-7-18-19(9-15)34-13-33-18/h2-10H,11-13H2,1H3,(H,25,28). The number of benzene rings is 2. The normalized spacial score (nSPS) is 15.8. The molecule has 0 unspecified atom stereocenters. The minimum Gasteiger partial charge on any atom is -0.468 e. The maximum Gasteiger partial charge on any atom is 0.325 e. The maximum atomic E-state index is 12.8. The van der Waals surface area contributed by atoms with E-state index in [1.54, 1.807) is 35.0 Å². The minimum atomic E-state index is -0.682. The molecule has 3 heterocycles. The number of hydrogen-bond donors (Lipinski definition) is 1. The summed E-state index contributed by atoms with van der Waals surface area (Å²) in [6, 6.07) is 12.6. The third kappa shape index (κ3) is 4.45. The van der Waals surface area contributed by atoms with Gasteiger partial charge in [0.05, 0.1) is 12.0 Å². The van der Waals surface area contributed by atoms with Crippen LogP contribution in [0.3, 0.4) is 0 Å². The van der Waals surface area contributed by atoms with E-state index in [0.29, 0.717) is 22.7 Å². The monoisotopic (exact) mass is 493 g/mol. The predicted octanol–water partition coefficient (Wildman–Crippen LogP) is 3.22. The molecule has 0 saturated carbocycles. The molecular weight excluding hydrogens is 474 g/mol. The number of ether oxygens (including phenoxy) is 3. The van der Waals surface area contributed by atoms with Crippen LogP contribution >= 0.6 is 11.8 Å². The molecule has 0 radical (unpaired) electrons. The molecule has 1 N–H and O–H groups in total. The molecule has 0 bridgehead atoms. The summed E-state index contributed by atoms with van der Waals surface area (Å²) in [6.07, 6.45) is 3.34. The Bertz CT molecular complexity index is 1410. The van der Waals surface area contributed by atoms with Crippen LogP contribution in [0.1, 0.15) is 5.56 Å². The lowest BCUT2D eigenvalue weighted by atomic mass is 10.1. The molecule has 0 atom stereocenters. The van der Waals surface area contributed by atoms with Gasteiger partial charge in [0.2, 0.25) is 12.7 Å². The van der Waals surface area contributed by atoms with E-state index in [-0.39, 0.29) is 24.2 Å². The number of anilines is 1. The largest absolute Gasteiger partial charge is 0.468 e. The van der Waals surface area contributed by atoms with Crippen molar-refractivity contribution in [2.45, 2.75) is 6.54 Å². The van der Waals surface area contributed by atoms with E-state index in [4.69, 9.17) is 9.47 Å². The Kier molecular flexibility index (Phi) is 5.91. The van der Waals surface area contributed by atoms with Gasteiger partial charge >= 0.3 is 5.97 Å². The fourth-order valence-electron chi connectivity index (χ4n) is 3.82. The number of methoxy groups -OCH3 is 1. The minimum absolute atomic E-state index is 0.0205. The summed E-state index contributed by atoms with van der Waals surface area (Å²) in [5.74, 6) is -0.311. The van der Waals surface area contributed by atoms with Crippen LogP contribution in [0, 0.1) is 0 Å². The van der Waals surface area contributed by atoms with Crippen LogP contribution in [0.15, 0.2) is 53.6 Å². The summed E-state index contributed by atoms with van der Waals surface area (Å²) in [5.41, 5.74) is 2.03. The molecule has 1 aromatic heterocycles. The van der Waals surface area contributed by atoms with E-state index in [0.717, 1.165) is 27.6 Å². The number of thioether (sulfide) groups is 1. The quantitative estimate of drug-likeness (QED) is 0.411. The van der Waals surface area contributed by atoms with E-state index in [1.807, 2.05) is 24.3 Å². The number of rotatable bonds is 6. The fraction of sp³-hybridized carbons (Fsp3) is 0.167. The summed E-state index contributed by atoms with van der Waals surface area (Å²) < 4.78 is 17.0. The van der Waals surface area contributed by atoms with Crippen LogP contribution in [0.25, 0.3) is 17.0 Å². The Morgan fingerprint density at radius 3 is 2.74 bits per heavy atom. The Hall–Kier alpha value is -4.25. The fourth-order valence-corrected chi connectivity index (χ4v) is 4.65. The highest BCUT2D eigenvalue weighted by atomic mass is 32.2. The molecule has 2 aromatic carbocycles. The lowest BCUT2D eigenvalue weighted by Crippen LogP contribution is -2.34. The van der Waals surface area contributed by atoms with Gasteiger partial charge in [-0.2, -0.15) is 0 Å².